The number of nitrogens with one attached hydrogen (secondary N) is 1. The number of benzene rings is 1. The lowest BCUT2D eigenvalue weighted by Crippen LogP contribution is -2.47. The monoisotopic (exact) mass is 630 g/mol. The van der Waals surface area contributed by atoms with Gasteiger partial charge in [0.05, 0.1) is 11.6 Å². The molecule has 2 fully saturated rings. The van der Waals surface area contributed by atoms with Crippen molar-refractivity contribution in [3.63, 3.8) is 0 Å². The van der Waals surface area contributed by atoms with Crippen LogP contribution in [0.1, 0.15) is 31.2 Å². The van der Waals surface area contributed by atoms with E-state index >= 15 is 0 Å². The number of carbonyl (C=O) groups is 2. The maximum absolute atomic E-state index is 14.3. The molecule has 0 saturated carbocycles. The summed E-state index contributed by atoms with van der Waals surface area (Å²) in [6, 6.07) is 2.62. The predicted octanol–water partition coefficient (Wildman–Crippen LogP) is 3.62. The molecule has 0 radical (unpaired) electrons. The number of aromatic nitrogens is 2. The number of aldehydes is 1. The van der Waals surface area contributed by atoms with Gasteiger partial charge in [0.2, 0.25) is 12.2 Å². The summed E-state index contributed by atoms with van der Waals surface area (Å²) in [4.78, 5) is 37.4. The second kappa shape index (κ2) is 16.0. The van der Waals surface area contributed by atoms with Gasteiger partial charge in [-0.05, 0) is 64.5 Å². The van der Waals surface area contributed by atoms with Crippen LogP contribution < -0.4 is 16.0 Å². The lowest BCUT2D eigenvalue weighted by Gasteiger charge is -2.38. The number of carbonyl (C=O) groups excluding carboxylic acids is 2. The molecular formula is C28H39ClF4N8O2. The van der Waals surface area contributed by atoms with E-state index in [0.717, 1.165) is 57.6 Å². The van der Waals surface area contributed by atoms with E-state index in [9.17, 15) is 27.2 Å². The van der Waals surface area contributed by atoms with E-state index in [1.54, 1.807) is 4.90 Å². The number of piperazine rings is 1. The summed E-state index contributed by atoms with van der Waals surface area (Å²) in [6.45, 7) is 5.69. The molecule has 2 aromatic rings. The van der Waals surface area contributed by atoms with Crippen molar-refractivity contribution in [1.29, 1.82) is 0 Å². The zero-order valence-corrected chi connectivity index (χ0v) is 25.1. The Balaban J connectivity index is 0.000000480. The van der Waals surface area contributed by atoms with Gasteiger partial charge in [0, 0.05) is 56.0 Å². The fourth-order valence-electron chi connectivity index (χ4n) is 5.00. The van der Waals surface area contributed by atoms with Crippen molar-refractivity contribution in [2.24, 2.45) is 0 Å². The van der Waals surface area contributed by atoms with Crippen LogP contribution in [-0.2, 0) is 15.8 Å². The van der Waals surface area contributed by atoms with E-state index in [4.69, 9.17) is 17.3 Å². The van der Waals surface area contributed by atoms with Crippen molar-refractivity contribution in [3.05, 3.63) is 40.9 Å². The van der Waals surface area contributed by atoms with Crippen LogP contribution in [0.3, 0.4) is 0 Å². The summed E-state index contributed by atoms with van der Waals surface area (Å²) >= 11 is 5.81. The molecule has 10 nitrogen and oxygen atoms in total. The van der Waals surface area contributed by atoms with Gasteiger partial charge in [-0.2, -0.15) is 17.6 Å². The molecule has 1 aromatic carbocycles. The summed E-state index contributed by atoms with van der Waals surface area (Å²) in [5, 5.41) is 2.76. The van der Waals surface area contributed by atoms with Gasteiger partial charge < -0.3 is 35.4 Å². The third-order valence-corrected chi connectivity index (χ3v) is 7.79. The van der Waals surface area contributed by atoms with Crippen LogP contribution in [0, 0.1) is 5.82 Å². The first kappa shape index (κ1) is 34.3. The number of nitrogens with zero attached hydrogens (tertiary/aromatic N) is 6. The normalized spacial score (nSPS) is 18.6. The van der Waals surface area contributed by atoms with Crippen LogP contribution in [0.5, 0.6) is 0 Å². The Hall–Kier alpha value is -3.23. The third-order valence-electron chi connectivity index (χ3n) is 7.57. The largest absolute Gasteiger partial charge is 0.416 e. The number of nitrogens with two attached hydrogens (primary N) is 1. The lowest BCUT2D eigenvalue weighted by molar-refractivity contribution is -0.137. The van der Waals surface area contributed by atoms with Gasteiger partial charge in [0.15, 0.2) is 11.6 Å². The fourth-order valence-corrected chi connectivity index (χ4v) is 5.23. The first-order valence-electron chi connectivity index (χ1n) is 14.1. The molecule has 43 heavy (non-hydrogen) atoms. The minimum atomic E-state index is -4.53. The lowest BCUT2D eigenvalue weighted by atomic mass is 10.0. The minimum Gasteiger partial charge on any atom is -0.381 e. The van der Waals surface area contributed by atoms with Gasteiger partial charge in [-0.15, -0.1) is 0 Å². The Morgan fingerprint density at radius 2 is 1.88 bits per heavy atom. The molecule has 0 bridgehead atoms. The van der Waals surface area contributed by atoms with E-state index in [0.29, 0.717) is 38.8 Å². The number of rotatable bonds is 10. The van der Waals surface area contributed by atoms with Crippen molar-refractivity contribution in [2.45, 2.75) is 43.9 Å². The summed E-state index contributed by atoms with van der Waals surface area (Å²) < 4.78 is 53.4. The highest BCUT2D eigenvalue weighted by atomic mass is 35.5. The third kappa shape index (κ3) is 10.5. The summed E-state index contributed by atoms with van der Waals surface area (Å²) in [6.07, 6.45) is 1.15. The van der Waals surface area contributed by atoms with Gasteiger partial charge in [-0.1, -0.05) is 11.6 Å². The van der Waals surface area contributed by atoms with Crippen LogP contribution in [-0.4, -0.2) is 109 Å². The van der Waals surface area contributed by atoms with Gasteiger partial charge in [-0.25, -0.2) is 9.97 Å². The molecule has 1 aromatic heterocycles. The highest BCUT2D eigenvalue weighted by Gasteiger charge is 2.31. The molecule has 15 heteroatoms. The maximum atomic E-state index is 14.3. The van der Waals surface area contributed by atoms with Gasteiger partial charge in [-0.3, -0.25) is 4.79 Å². The predicted molar refractivity (Wildman–Crippen MR) is 159 cm³/mol. The molecule has 238 valence electrons. The Kier molecular flexibility index (Phi) is 12.8. The van der Waals surface area contributed by atoms with Crippen LogP contribution in [0.4, 0.5) is 34.9 Å². The van der Waals surface area contributed by atoms with Crippen molar-refractivity contribution in [2.75, 3.05) is 75.9 Å². The number of hydrogen-bond donors (Lipinski definition) is 2. The number of hydrogen-bond acceptors (Lipinski definition) is 9. The van der Waals surface area contributed by atoms with Crippen molar-refractivity contribution in [1.82, 2.24) is 24.7 Å². The quantitative estimate of drug-likeness (QED) is 0.300. The molecule has 0 spiro atoms. The number of nitrogen functional groups attached to an aromatic ring is 1. The summed E-state index contributed by atoms with van der Waals surface area (Å²) in [5.74, 6) is -0.620. The van der Waals surface area contributed by atoms with Crippen LogP contribution in [0.2, 0.25) is 5.02 Å². The zero-order valence-electron chi connectivity index (χ0n) is 24.4. The average Bonchev–Trinajstić information content (AvgIpc) is 2.98. The molecule has 1 amide bonds. The number of amides is 1. The summed E-state index contributed by atoms with van der Waals surface area (Å²) in [5.41, 5.74) is 4.82. The van der Waals surface area contributed by atoms with E-state index in [1.165, 1.54) is 12.4 Å². The SMILES string of the molecule is CN(CCCC(C=O)Nc1cc(Cl)cc(C(F)(F)F)c1)C1CCCN(c2ncnc(N)c2F)C1.CN1CCN(C=O)CC1. The zero-order chi connectivity index (χ0) is 31.6. The average molecular weight is 631 g/mol. The number of alkyl halides is 3. The van der Waals surface area contributed by atoms with Gasteiger partial charge in [0.1, 0.15) is 12.6 Å². The van der Waals surface area contributed by atoms with Gasteiger partial charge in [0.25, 0.3) is 0 Å². The smallest absolute Gasteiger partial charge is 0.381 e. The highest BCUT2D eigenvalue weighted by molar-refractivity contribution is 6.31. The van der Waals surface area contributed by atoms with Crippen molar-refractivity contribution >= 4 is 41.6 Å². The number of halogens is 5. The van der Waals surface area contributed by atoms with E-state index in [2.05, 4.69) is 32.1 Å². The van der Waals surface area contributed by atoms with E-state index in [1.807, 2.05) is 11.9 Å². The molecule has 2 aliphatic heterocycles. The Labute approximate surface area is 254 Å². The Morgan fingerprint density at radius 3 is 2.53 bits per heavy atom. The van der Waals surface area contributed by atoms with Gasteiger partial charge >= 0.3 is 6.18 Å². The standard InChI is InChI=1S/C22H27ClF4N6O.C6H12N2O/c1-32(18-5-3-7-33(11-18)21-19(24)20(28)29-13-30-21)6-2-4-16(12-34)31-17-9-14(22(25,26)27)8-15(23)10-17;1-7-2-4-8(6-9)5-3-7/h8-10,12-13,16,18,31H,2-7,11H2,1H3,(H2,28,29,30);6H,2-5H2,1H3. The molecule has 2 unspecified atom stereocenters. The van der Waals surface area contributed by atoms with Crippen LogP contribution in [0.25, 0.3) is 0 Å². The molecular weight excluding hydrogens is 592 g/mol. The van der Waals surface area contributed by atoms with Crippen molar-refractivity contribution < 1.29 is 27.2 Å². The molecule has 2 atom stereocenters. The molecule has 4 rings (SSSR count). The highest BCUT2D eigenvalue weighted by Crippen LogP contribution is 2.33. The first-order valence-corrected chi connectivity index (χ1v) is 14.5. The second-order valence-electron chi connectivity index (χ2n) is 10.8. The number of piperidine rings is 1. The number of likely N-dealkylation sites (N-methyl/N-ethyl adjacent to an activating group) is 2. The van der Waals surface area contributed by atoms with Crippen LogP contribution in [0.15, 0.2) is 24.5 Å². The molecule has 3 heterocycles. The van der Waals surface area contributed by atoms with Crippen molar-refractivity contribution in [3.8, 4) is 0 Å². The van der Waals surface area contributed by atoms with E-state index in [-0.39, 0.29) is 28.4 Å². The molecule has 2 aliphatic rings. The van der Waals surface area contributed by atoms with E-state index < -0.39 is 23.6 Å². The first-order chi connectivity index (χ1) is 20.4. The summed E-state index contributed by atoms with van der Waals surface area (Å²) in [7, 11) is 4.02. The maximum Gasteiger partial charge on any atom is 0.416 e. The Morgan fingerprint density at radius 1 is 1.16 bits per heavy atom. The molecule has 0 aliphatic carbocycles. The second-order valence-corrected chi connectivity index (χ2v) is 11.3. The molecule has 3 N–H and O–H groups in total. The molecule has 2 saturated heterocycles. The van der Waals surface area contributed by atoms with Crippen LogP contribution >= 0.6 is 11.6 Å². The fraction of sp³-hybridized carbons (Fsp3) is 0.571. The topological polar surface area (TPSA) is 111 Å². The number of anilines is 3. The Bertz CT molecular complexity index is 1200. The minimum absolute atomic E-state index is 0.0644.